The molecule has 0 unspecified atom stereocenters. The number of nitrogens with one attached hydrogen (secondary N) is 1. The number of rotatable bonds is 2. The van der Waals surface area contributed by atoms with E-state index in [0.29, 0.717) is 29.6 Å². The van der Waals surface area contributed by atoms with Crippen molar-refractivity contribution in [3.8, 4) is 0 Å². The molecule has 96 valence electrons. The van der Waals surface area contributed by atoms with Gasteiger partial charge >= 0.3 is 0 Å². The molecule has 0 saturated carbocycles. The lowest BCUT2D eigenvalue weighted by Crippen LogP contribution is -2.15. The second-order valence-electron chi connectivity index (χ2n) is 4.22. The van der Waals surface area contributed by atoms with E-state index in [9.17, 15) is 9.18 Å². The highest BCUT2D eigenvalue weighted by Gasteiger charge is 2.09. The third kappa shape index (κ3) is 1.96. The highest BCUT2D eigenvalue weighted by molar-refractivity contribution is 5.90. The van der Waals surface area contributed by atoms with Crippen LogP contribution in [0.4, 0.5) is 4.39 Å². The molecule has 0 atom stereocenters. The first-order chi connectivity index (χ1) is 9.19. The van der Waals surface area contributed by atoms with Gasteiger partial charge in [0.05, 0.1) is 5.39 Å². The first-order valence-corrected chi connectivity index (χ1v) is 5.87. The maximum atomic E-state index is 13.7. The van der Waals surface area contributed by atoms with Crippen LogP contribution >= 0.6 is 0 Å². The molecule has 2 heterocycles. The maximum Gasteiger partial charge on any atom is 0.260 e. The molecule has 3 aromatic rings. The van der Waals surface area contributed by atoms with Crippen molar-refractivity contribution in [3.63, 3.8) is 0 Å². The van der Waals surface area contributed by atoms with Gasteiger partial charge in [0.2, 0.25) is 0 Å². The van der Waals surface area contributed by atoms with Gasteiger partial charge in [-0.25, -0.2) is 14.4 Å². The lowest BCUT2D eigenvalue weighted by Gasteiger charge is -2.03. The molecule has 3 N–H and O–H groups in total. The van der Waals surface area contributed by atoms with Gasteiger partial charge in [0, 0.05) is 11.8 Å². The van der Waals surface area contributed by atoms with Crippen LogP contribution in [-0.2, 0) is 6.42 Å². The Balaban J connectivity index is 2.38. The Hall–Kier alpha value is -2.34. The van der Waals surface area contributed by atoms with Gasteiger partial charge in [0.15, 0.2) is 5.65 Å². The van der Waals surface area contributed by atoms with Gasteiger partial charge in [-0.2, -0.15) is 0 Å². The van der Waals surface area contributed by atoms with Gasteiger partial charge in [-0.1, -0.05) is 12.1 Å². The average molecular weight is 258 g/mol. The van der Waals surface area contributed by atoms with Crippen LogP contribution < -0.4 is 11.3 Å². The Kier molecular flexibility index (Phi) is 2.72. The van der Waals surface area contributed by atoms with E-state index in [0.717, 1.165) is 0 Å². The summed E-state index contributed by atoms with van der Waals surface area (Å²) in [6.45, 7) is 0.371. The van der Waals surface area contributed by atoms with Crippen LogP contribution in [0.25, 0.3) is 21.9 Å². The van der Waals surface area contributed by atoms with Crippen molar-refractivity contribution in [3.05, 3.63) is 46.3 Å². The molecule has 0 saturated heterocycles. The van der Waals surface area contributed by atoms with E-state index in [2.05, 4.69) is 15.0 Å². The zero-order valence-corrected chi connectivity index (χ0v) is 9.98. The van der Waals surface area contributed by atoms with Gasteiger partial charge in [0.1, 0.15) is 17.2 Å². The number of nitrogens with two attached hydrogens (primary N) is 1. The molecule has 0 spiro atoms. The lowest BCUT2D eigenvalue weighted by molar-refractivity contribution is 0.637. The summed E-state index contributed by atoms with van der Waals surface area (Å²) < 4.78 is 13.7. The van der Waals surface area contributed by atoms with Gasteiger partial charge in [0.25, 0.3) is 5.56 Å². The predicted molar refractivity (Wildman–Crippen MR) is 70.4 cm³/mol. The number of nitrogens with zero attached hydrogens (tertiary/aromatic N) is 2. The molecule has 6 heteroatoms. The van der Waals surface area contributed by atoms with Crippen molar-refractivity contribution in [2.24, 2.45) is 5.73 Å². The highest BCUT2D eigenvalue weighted by Crippen LogP contribution is 2.18. The molecule has 5 nitrogen and oxygen atoms in total. The van der Waals surface area contributed by atoms with Crippen molar-refractivity contribution >= 4 is 21.9 Å². The van der Waals surface area contributed by atoms with Crippen molar-refractivity contribution in [1.29, 1.82) is 0 Å². The average Bonchev–Trinajstić information content (AvgIpc) is 2.38. The molecule has 19 heavy (non-hydrogen) atoms. The summed E-state index contributed by atoms with van der Waals surface area (Å²) in [4.78, 5) is 22.9. The van der Waals surface area contributed by atoms with Crippen LogP contribution in [0.1, 0.15) is 5.82 Å². The molecule has 0 aliphatic carbocycles. The minimum Gasteiger partial charge on any atom is -0.330 e. The van der Waals surface area contributed by atoms with Gasteiger partial charge in [-0.05, 0) is 18.7 Å². The standard InChI is InChI=1S/C13H11FN4O/c14-9-3-1-2-7-6-8-12(18-11(7)9)16-10(4-5-15)17-13(8)19/h1-3,6H,4-5,15H2,(H,16,17,18,19). The van der Waals surface area contributed by atoms with E-state index in [4.69, 9.17) is 5.73 Å². The number of para-hydroxylation sites is 1. The van der Waals surface area contributed by atoms with Gasteiger partial charge in [-0.15, -0.1) is 0 Å². The van der Waals surface area contributed by atoms with Crippen LogP contribution in [0, 0.1) is 5.82 Å². The summed E-state index contributed by atoms with van der Waals surface area (Å²) in [6.07, 6.45) is 0.447. The number of fused-ring (bicyclic) bond motifs is 2. The number of pyridine rings is 1. The molecular weight excluding hydrogens is 247 g/mol. The molecule has 3 rings (SSSR count). The molecule has 0 bridgehead atoms. The zero-order chi connectivity index (χ0) is 13.4. The van der Waals surface area contributed by atoms with E-state index >= 15 is 0 Å². The fraction of sp³-hybridized carbons (Fsp3) is 0.154. The number of aromatic nitrogens is 3. The smallest absolute Gasteiger partial charge is 0.260 e. The Bertz CT molecular complexity index is 828. The molecule has 0 aliphatic heterocycles. The minimum absolute atomic E-state index is 0.215. The number of hydrogen-bond donors (Lipinski definition) is 2. The Labute approximate surface area is 107 Å². The molecular formula is C13H11FN4O. The number of hydrogen-bond acceptors (Lipinski definition) is 4. The maximum absolute atomic E-state index is 13.7. The molecule has 0 amide bonds. The second-order valence-corrected chi connectivity index (χ2v) is 4.22. The van der Waals surface area contributed by atoms with Crippen LogP contribution in [-0.4, -0.2) is 21.5 Å². The molecule has 2 aromatic heterocycles. The third-order valence-corrected chi connectivity index (χ3v) is 2.90. The molecule has 0 fully saturated rings. The number of halogens is 1. The Morgan fingerprint density at radius 3 is 2.95 bits per heavy atom. The summed E-state index contributed by atoms with van der Waals surface area (Å²) in [5.41, 5.74) is 5.60. The number of benzene rings is 1. The summed E-state index contributed by atoms with van der Waals surface area (Å²) in [5, 5.41) is 0.922. The monoisotopic (exact) mass is 258 g/mol. The zero-order valence-electron chi connectivity index (χ0n) is 9.98. The highest BCUT2D eigenvalue weighted by atomic mass is 19.1. The van der Waals surface area contributed by atoms with Crippen LogP contribution in [0.2, 0.25) is 0 Å². The fourth-order valence-electron chi connectivity index (χ4n) is 2.01. The minimum atomic E-state index is -0.429. The van der Waals surface area contributed by atoms with E-state index in [1.54, 1.807) is 18.2 Å². The van der Waals surface area contributed by atoms with Crippen molar-refractivity contribution in [2.45, 2.75) is 6.42 Å². The normalized spacial score (nSPS) is 11.3. The topological polar surface area (TPSA) is 84.7 Å². The Morgan fingerprint density at radius 1 is 1.32 bits per heavy atom. The summed E-state index contributed by atoms with van der Waals surface area (Å²) in [7, 11) is 0. The third-order valence-electron chi connectivity index (χ3n) is 2.90. The summed E-state index contributed by atoms with van der Waals surface area (Å²) >= 11 is 0. The summed E-state index contributed by atoms with van der Waals surface area (Å²) in [5.74, 6) is 0.0324. The van der Waals surface area contributed by atoms with Crippen molar-refractivity contribution in [2.75, 3.05) is 6.54 Å². The quantitative estimate of drug-likeness (QED) is 0.674. The van der Waals surface area contributed by atoms with Crippen molar-refractivity contribution < 1.29 is 4.39 Å². The van der Waals surface area contributed by atoms with Gasteiger partial charge in [-0.3, -0.25) is 4.79 Å². The number of aromatic amines is 1. The van der Waals surface area contributed by atoms with Crippen molar-refractivity contribution in [1.82, 2.24) is 15.0 Å². The lowest BCUT2D eigenvalue weighted by atomic mass is 10.2. The molecule has 0 aliphatic rings. The second kappa shape index (κ2) is 4.40. The van der Waals surface area contributed by atoms with E-state index in [1.165, 1.54) is 6.07 Å². The first-order valence-electron chi connectivity index (χ1n) is 5.87. The van der Waals surface area contributed by atoms with E-state index in [-0.39, 0.29) is 16.7 Å². The van der Waals surface area contributed by atoms with E-state index < -0.39 is 5.82 Å². The van der Waals surface area contributed by atoms with Crippen LogP contribution in [0.5, 0.6) is 0 Å². The van der Waals surface area contributed by atoms with Crippen LogP contribution in [0.3, 0.4) is 0 Å². The Morgan fingerprint density at radius 2 is 2.16 bits per heavy atom. The molecule has 0 radical (unpaired) electrons. The van der Waals surface area contributed by atoms with E-state index in [1.807, 2.05) is 0 Å². The van der Waals surface area contributed by atoms with Crippen LogP contribution in [0.15, 0.2) is 29.1 Å². The SMILES string of the molecule is NCCc1nc2nc3c(F)cccc3cc2c(=O)[nH]1. The molecule has 1 aromatic carbocycles. The first kappa shape index (κ1) is 11.7. The largest absolute Gasteiger partial charge is 0.330 e. The predicted octanol–water partition coefficient (Wildman–Crippen LogP) is 1.11. The summed E-state index contributed by atoms with van der Waals surface area (Å²) in [6, 6.07) is 6.21. The van der Waals surface area contributed by atoms with Gasteiger partial charge < -0.3 is 10.7 Å². The number of H-pyrrole nitrogens is 1. The fourth-order valence-corrected chi connectivity index (χ4v) is 2.01.